The van der Waals surface area contributed by atoms with Crippen LogP contribution in [0.3, 0.4) is 0 Å². The van der Waals surface area contributed by atoms with Crippen molar-refractivity contribution < 1.29 is 14.6 Å². The van der Waals surface area contributed by atoms with Crippen molar-refractivity contribution in [3.8, 4) is 0 Å². The molecule has 16 heavy (non-hydrogen) atoms. The Kier molecular flexibility index (Phi) is 3.61. The van der Waals surface area contributed by atoms with Crippen molar-refractivity contribution in [2.45, 2.75) is 12.3 Å². The van der Waals surface area contributed by atoms with Crippen LogP contribution in [0.25, 0.3) is 0 Å². The lowest BCUT2D eigenvalue weighted by molar-refractivity contribution is -0.140. The van der Waals surface area contributed by atoms with Gasteiger partial charge in [-0.3, -0.25) is 4.79 Å². The first-order chi connectivity index (χ1) is 7.68. The molecule has 0 aliphatic carbocycles. The van der Waals surface area contributed by atoms with Gasteiger partial charge in [0.25, 0.3) is 0 Å². The van der Waals surface area contributed by atoms with Crippen LogP contribution in [0.15, 0.2) is 28.7 Å². The summed E-state index contributed by atoms with van der Waals surface area (Å²) in [6, 6.07) is 7.50. The summed E-state index contributed by atoms with van der Waals surface area (Å²) >= 11 is 3.36. The topological polar surface area (TPSA) is 46.5 Å². The molecule has 4 heteroatoms. The van der Waals surface area contributed by atoms with E-state index in [-0.39, 0.29) is 5.92 Å². The van der Waals surface area contributed by atoms with Crippen molar-refractivity contribution in [1.82, 2.24) is 0 Å². The summed E-state index contributed by atoms with van der Waals surface area (Å²) in [6.07, 6.45) is 0.823. The Balaban J connectivity index is 2.28. The van der Waals surface area contributed by atoms with Crippen LogP contribution in [0.2, 0.25) is 0 Å². The molecule has 0 aromatic heterocycles. The number of carboxylic acids is 1. The molecule has 0 spiro atoms. The molecule has 1 heterocycles. The minimum Gasteiger partial charge on any atom is -0.481 e. The third kappa shape index (κ3) is 2.44. The van der Waals surface area contributed by atoms with Crippen molar-refractivity contribution in [3.05, 3.63) is 34.3 Å². The molecule has 1 N–H and O–H groups in total. The van der Waals surface area contributed by atoms with Crippen molar-refractivity contribution in [1.29, 1.82) is 0 Å². The number of carbonyl (C=O) groups is 1. The van der Waals surface area contributed by atoms with Crippen LogP contribution >= 0.6 is 15.9 Å². The van der Waals surface area contributed by atoms with Gasteiger partial charge >= 0.3 is 5.97 Å². The molecule has 1 aliphatic rings. The molecule has 1 fully saturated rings. The van der Waals surface area contributed by atoms with Gasteiger partial charge < -0.3 is 9.84 Å². The molecule has 3 nitrogen and oxygen atoms in total. The summed E-state index contributed by atoms with van der Waals surface area (Å²) in [5, 5.41) is 9.31. The van der Waals surface area contributed by atoms with Crippen molar-refractivity contribution in [2.24, 2.45) is 5.92 Å². The summed E-state index contributed by atoms with van der Waals surface area (Å²) in [5.41, 5.74) is 0.845. The number of halogens is 1. The van der Waals surface area contributed by atoms with E-state index in [1.807, 2.05) is 24.3 Å². The molecule has 2 rings (SSSR count). The minimum atomic E-state index is -0.770. The minimum absolute atomic E-state index is 0.0896. The van der Waals surface area contributed by atoms with Crippen molar-refractivity contribution in [2.75, 3.05) is 13.2 Å². The summed E-state index contributed by atoms with van der Waals surface area (Å²) in [6.45, 7) is 1.21. The van der Waals surface area contributed by atoms with E-state index in [1.165, 1.54) is 0 Å². The van der Waals surface area contributed by atoms with Crippen molar-refractivity contribution in [3.63, 3.8) is 0 Å². The van der Waals surface area contributed by atoms with Gasteiger partial charge in [0, 0.05) is 17.0 Å². The SMILES string of the molecule is O=C(O)C(c1cccc(Br)c1)C1CCOC1. The van der Waals surface area contributed by atoms with Crippen LogP contribution in [-0.2, 0) is 9.53 Å². The largest absolute Gasteiger partial charge is 0.481 e. The molecule has 1 aromatic carbocycles. The zero-order valence-electron chi connectivity index (χ0n) is 8.73. The molecule has 2 unspecified atom stereocenters. The Labute approximate surface area is 103 Å². The molecule has 1 aliphatic heterocycles. The Morgan fingerprint density at radius 2 is 2.38 bits per heavy atom. The molecule has 0 saturated carbocycles. The Hall–Kier alpha value is -0.870. The second-order valence-electron chi connectivity index (χ2n) is 3.99. The van der Waals surface area contributed by atoms with Gasteiger partial charge in [-0.25, -0.2) is 0 Å². The first-order valence-electron chi connectivity index (χ1n) is 5.24. The first-order valence-corrected chi connectivity index (χ1v) is 6.04. The lowest BCUT2D eigenvalue weighted by atomic mass is 9.85. The van der Waals surface area contributed by atoms with E-state index in [0.29, 0.717) is 13.2 Å². The quantitative estimate of drug-likeness (QED) is 0.928. The first kappa shape index (κ1) is 11.6. The number of aliphatic carboxylic acids is 1. The summed E-state index contributed by atoms with van der Waals surface area (Å²) < 4.78 is 6.18. The maximum Gasteiger partial charge on any atom is 0.311 e. The van der Waals surface area contributed by atoms with E-state index in [4.69, 9.17) is 4.74 Å². The zero-order valence-corrected chi connectivity index (χ0v) is 10.3. The molecule has 0 bridgehead atoms. The molecule has 2 atom stereocenters. The molecule has 0 amide bonds. The predicted molar refractivity (Wildman–Crippen MR) is 63.4 cm³/mol. The summed E-state index contributed by atoms with van der Waals surface area (Å²) in [5.74, 6) is -1.14. The predicted octanol–water partition coefficient (Wildman–Crippen LogP) is 2.65. The molecular weight excluding hydrogens is 272 g/mol. The van der Waals surface area contributed by atoms with Crippen LogP contribution in [0, 0.1) is 5.92 Å². The van der Waals surface area contributed by atoms with Gasteiger partial charge in [-0.05, 0) is 24.1 Å². The highest BCUT2D eigenvalue weighted by Crippen LogP contribution is 2.32. The number of rotatable bonds is 3. The third-order valence-electron chi connectivity index (χ3n) is 2.91. The summed E-state index contributed by atoms with van der Waals surface area (Å²) in [7, 11) is 0. The number of hydrogen-bond acceptors (Lipinski definition) is 2. The van der Waals surface area contributed by atoms with Gasteiger partial charge in [0.2, 0.25) is 0 Å². The lowest BCUT2D eigenvalue weighted by Gasteiger charge is -2.18. The maximum absolute atomic E-state index is 11.3. The van der Waals surface area contributed by atoms with E-state index in [0.717, 1.165) is 16.5 Å². The number of hydrogen-bond donors (Lipinski definition) is 1. The standard InChI is InChI=1S/C12H13BrO3/c13-10-3-1-2-8(6-10)11(12(14)15)9-4-5-16-7-9/h1-3,6,9,11H,4-5,7H2,(H,14,15). The van der Waals surface area contributed by atoms with E-state index in [2.05, 4.69) is 15.9 Å². The van der Waals surface area contributed by atoms with Gasteiger partial charge in [-0.1, -0.05) is 28.1 Å². The smallest absolute Gasteiger partial charge is 0.311 e. The highest BCUT2D eigenvalue weighted by molar-refractivity contribution is 9.10. The van der Waals surface area contributed by atoms with Crippen LogP contribution in [0.5, 0.6) is 0 Å². The van der Waals surface area contributed by atoms with Crippen LogP contribution in [0.4, 0.5) is 0 Å². The van der Waals surface area contributed by atoms with Crippen LogP contribution < -0.4 is 0 Å². The maximum atomic E-state index is 11.3. The fourth-order valence-corrected chi connectivity index (χ4v) is 2.55. The second-order valence-corrected chi connectivity index (χ2v) is 4.91. The average Bonchev–Trinajstić information content (AvgIpc) is 2.71. The van der Waals surface area contributed by atoms with Gasteiger partial charge in [-0.15, -0.1) is 0 Å². The fourth-order valence-electron chi connectivity index (χ4n) is 2.13. The fraction of sp³-hybridized carbons (Fsp3) is 0.417. The molecule has 1 aromatic rings. The molecule has 86 valence electrons. The van der Waals surface area contributed by atoms with Gasteiger partial charge in [-0.2, -0.15) is 0 Å². The Morgan fingerprint density at radius 3 is 2.94 bits per heavy atom. The number of carboxylic acid groups (broad SMARTS) is 1. The Bertz CT molecular complexity index is 386. The average molecular weight is 285 g/mol. The third-order valence-corrected chi connectivity index (χ3v) is 3.40. The van der Waals surface area contributed by atoms with Crippen LogP contribution in [0.1, 0.15) is 17.9 Å². The van der Waals surface area contributed by atoms with Crippen molar-refractivity contribution >= 4 is 21.9 Å². The van der Waals surface area contributed by atoms with E-state index in [1.54, 1.807) is 0 Å². The van der Waals surface area contributed by atoms with Gasteiger partial charge in [0.15, 0.2) is 0 Å². The normalized spacial score (nSPS) is 21.9. The zero-order chi connectivity index (χ0) is 11.5. The highest BCUT2D eigenvalue weighted by Gasteiger charge is 2.32. The molecule has 0 radical (unpaired) electrons. The van der Waals surface area contributed by atoms with Crippen LogP contribution in [-0.4, -0.2) is 24.3 Å². The van der Waals surface area contributed by atoms with E-state index >= 15 is 0 Å². The summed E-state index contributed by atoms with van der Waals surface area (Å²) in [4.78, 5) is 11.3. The monoisotopic (exact) mass is 284 g/mol. The number of ether oxygens (including phenoxy) is 1. The number of benzene rings is 1. The van der Waals surface area contributed by atoms with E-state index in [9.17, 15) is 9.90 Å². The molecular formula is C12H13BrO3. The second kappa shape index (κ2) is 4.97. The lowest BCUT2D eigenvalue weighted by Crippen LogP contribution is -2.21. The highest BCUT2D eigenvalue weighted by atomic mass is 79.9. The van der Waals surface area contributed by atoms with Gasteiger partial charge in [0.05, 0.1) is 12.5 Å². The Morgan fingerprint density at radius 1 is 1.56 bits per heavy atom. The van der Waals surface area contributed by atoms with E-state index < -0.39 is 11.9 Å². The van der Waals surface area contributed by atoms with Gasteiger partial charge in [0.1, 0.15) is 0 Å². The molecule has 1 saturated heterocycles.